The maximum atomic E-state index is 13.0. The fraction of sp³-hybridized carbons (Fsp3) is 0.333. The lowest BCUT2D eigenvalue weighted by Crippen LogP contribution is -2.42. The third-order valence-corrected chi connectivity index (χ3v) is 5.07. The molecular weight excluding hydrogens is 370 g/mol. The molecule has 1 aromatic carbocycles. The number of hydrogen-bond donors (Lipinski definition) is 0. The lowest BCUT2D eigenvalue weighted by Gasteiger charge is -2.32. The molecule has 8 nitrogen and oxygen atoms in total. The smallest absolute Gasteiger partial charge is 0.274 e. The van der Waals surface area contributed by atoms with Crippen molar-refractivity contribution in [2.24, 2.45) is 5.92 Å². The molecule has 8 heteroatoms. The highest BCUT2D eigenvalue weighted by Crippen LogP contribution is 2.29. The van der Waals surface area contributed by atoms with Crippen LogP contribution in [0.25, 0.3) is 5.65 Å². The minimum atomic E-state index is -0.0724. The molecule has 1 unspecified atom stereocenters. The fourth-order valence-electron chi connectivity index (χ4n) is 3.59. The number of nitrogens with zero attached hydrogens (tertiary/aromatic N) is 5. The van der Waals surface area contributed by atoms with E-state index in [-0.39, 0.29) is 11.8 Å². The predicted octanol–water partition coefficient (Wildman–Crippen LogP) is 2.54. The first-order chi connectivity index (χ1) is 14.2. The minimum Gasteiger partial charge on any atom is -0.493 e. The van der Waals surface area contributed by atoms with Gasteiger partial charge in [0.05, 0.1) is 31.5 Å². The lowest BCUT2D eigenvalue weighted by molar-refractivity contribution is 0.0623. The highest BCUT2D eigenvalue weighted by atomic mass is 16.5. The van der Waals surface area contributed by atoms with Crippen molar-refractivity contribution < 1.29 is 14.3 Å². The SMILES string of the molecule is COc1cc(C#N)ccc1OCC1CCCN(C(=O)c2cnc3cccnn23)C1. The molecule has 3 heterocycles. The molecular formula is C21H21N5O3. The number of piperidine rings is 1. The summed E-state index contributed by atoms with van der Waals surface area (Å²) in [5.74, 6) is 1.27. The molecule has 0 radical (unpaired) electrons. The zero-order valence-corrected chi connectivity index (χ0v) is 16.1. The van der Waals surface area contributed by atoms with Crippen LogP contribution < -0.4 is 9.47 Å². The van der Waals surface area contributed by atoms with Gasteiger partial charge in [0.2, 0.25) is 0 Å². The number of carbonyl (C=O) groups excluding carboxylic acids is 1. The normalized spacial score (nSPS) is 16.4. The molecule has 29 heavy (non-hydrogen) atoms. The minimum absolute atomic E-state index is 0.0724. The van der Waals surface area contributed by atoms with Gasteiger partial charge >= 0.3 is 0 Å². The van der Waals surface area contributed by atoms with Crippen molar-refractivity contribution in [2.45, 2.75) is 12.8 Å². The molecule has 0 N–H and O–H groups in total. The van der Waals surface area contributed by atoms with Crippen molar-refractivity contribution in [3.05, 3.63) is 54.0 Å². The molecule has 0 bridgehead atoms. The Morgan fingerprint density at radius 3 is 3.07 bits per heavy atom. The Bertz CT molecular complexity index is 1070. The molecule has 2 aromatic heterocycles. The van der Waals surface area contributed by atoms with Crippen LogP contribution >= 0.6 is 0 Å². The third-order valence-electron chi connectivity index (χ3n) is 5.07. The van der Waals surface area contributed by atoms with Crippen LogP contribution in [-0.4, -0.2) is 52.2 Å². The molecule has 1 saturated heterocycles. The summed E-state index contributed by atoms with van der Waals surface area (Å²) in [7, 11) is 1.55. The van der Waals surface area contributed by atoms with Gasteiger partial charge in [0, 0.05) is 31.3 Å². The van der Waals surface area contributed by atoms with Crippen molar-refractivity contribution >= 4 is 11.6 Å². The van der Waals surface area contributed by atoms with E-state index in [2.05, 4.69) is 16.2 Å². The van der Waals surface area contributed by atoms with Crippen LogP contribution in [0.2, 0.25) is 0 Å². The van der Waals surface area contributed by atoms with Gasteiger partial charge in [0.1, 0.15) is 0 Å². The zero-order valence-electron chi connectivity index (χ0n) is 16.1. The number of fused-ring (bicyclic) bond motifs is 1. The number of benzene rings is 1. The van der Waals surface area contributed by atoms with Crippen LogP contribution in [-0.2, 0) is 0 Å². The van der Waals surface area contributed by atoms with E-state index in [1.54, 1.807) is 48.3 Å². The maximum Gasteiger partial charge on any atom is 0.274 e. The number of nitriles is 1. The first kappa shape index (κ1) is 18.7. The summed E-state index contributed by atoms with van der Waals surface area (Å²) in [6.45, 7) is 1.78. The number of imidazole rings is 1. The Hall–Kier alpha value is -3.60. The van der Waals surface area contributed by atoms with Gasteiger partial charge in [-0.2, -0.15) is 10.4 Å². The number of likely N-dealkylation sites (tertiary alicyclic amines) is 1. The molecule has 148 valence electrons. The van der Waals surface area contributed by atoms with Crippen LogP contribution in [0.1, 0.15) is 28.9 Å². The summed E-state index contributed by atoms with van der Waals surface area (Å²) in [5.41, 5.74) is 1.64. The van der Waals surface area contributed by atoms with Gasteiger partial charge in [-0.3, -0.25) is 4.79 Å². The molecule has 0 spiro atoms. The number of aromatic nitrogens is 3. The van der Waals surface area contributed by atoms with Crippen LogP contribution in [0.3, 0.4) is 0 Å². The first-order valence-corrected chi connectivity index (χ1v) is 9.48. The van der Waals surface area contributed by atoms with Crippen LogP contribution in [0.15, 0.2) is 42.7 Å². The summed E-state index contributed by atoms with van der Waals surface area (Å²) in [5, 5.41) is 13.2. The van der Waals surface area contributed by atoms with Gasteiger partial charge in [-0.25, -0.2) is 9.50 Å². The zero-order chi connectivity index (χ0) is 20.2. The van der Waals surface area contributed by atoms with Crippen molar-refractivity contribution in [3.8, 4) is 17.6 Å². The summed E-state index contributed by atoms with van der Waals surface area (Å²) in [6, 6.07) is 10.8. The average molecular weight is 391 g/mol. The second-order valence-corrected chi connectivity index (χ2v) is 6.98. The van der Waals surface area contributed by atoms with Crippen molar-refractivity contribution in [2.75, 3.05) is 26.8 Å². The van der Waals surface area contributed by atoms with Crippen molar-refractivity contribution in [1.29, 1.82) is 5.26 Å². The Balaban J connectivity index is 1.42. The van der Waals surface area contributed by atoms with E-state index < -0.39 is 0 Å². The topological polar surface area (TPSA) is 92.8 Å². The van der Waals surface area contributed by atoms with Gasteiger partial charge in [0.15, 0.2) is 22.8 Å². The summed E-state index contributed by atoms with van der Waals surface area (Å²) in [4.78, 5) is 19.1. The summed E-state index contributed by atoms with van der Waals surface area (Å²) in [6.07, 6.45) is 5.11. The monoisotopic (exact) mass is 391 g/mol. The third kappa shape index (κ3) is 3.85. The van der Waals surface area contributed by atoms with E-state index in [1.165, 1.54) is 0 Å². The Kier molecular flexibility index (Phi) is 5.29. The van der Waals surface area contributed by atoms with E-state index in [0.717, 1.165) is 12.8 Å². The van der Waals surface area contributed by atoms with Gasteiger partial charge in [-0.1, -0.05) is 0 Å². The largest absolute Gasteiger partial charge is 0.493 e. The fourth-order valence-corrected chi connectivity index (χ4v) is 3.59. The van der Waals surface area contributed by atoms with E-state index in [4.69, 9.17) is 14.7 Å². The lowest BCUT2D eigenvalue weighted by atomic mass is 9.98. The second kappa shape index (κ2) is 8.19. The first-order valence-electron chi connectivity index (χ1n) is 9.48. The number of ether oxygens (including phenoxy) is 2. The van der Waals surface area contributed by atoms with Crippen LogP contribution in [0.5, 0.6) is 11.5 Å². The summed E-state index contributed by atoms with van der Waals surface area (Å²) >= 11 is 0. The molecule has 1 aliphatic heterocycles. The van der Waals surface area contributed by atoms with Crippen LogP contribution in [0.4, 0.5) is 0 Å². The highest BCUT2D eigenvalue weighted by molar-refractivity contribution is 5.93. The van der Waals surface area contributed by atoms with Gasteiger partial charge in [0.25, 0.3) is 5.91 Å². The highest BCUT2D eigenvalue weighted by Gasteiger charge is 2.27. The molecule has 1 fully saturated rings. The van der Waals surface area contributed by atoms with E-state index in [0.29, 0.717) is 48.1 Å². The average Bonchev–Trinajstić information content (AvgIpc) is 3.21. The van der Waals surface area contributed by atoms with Crippen LogP contribution in [0, 0.1) is 17.2 Å². The van der Waals surface area contributed by atoms with Gasteiger partial charge < -0.3 is 14.4 Å². The molecule has 1 aliphatic rings. The maximum absolute atomic E-state index is 13.0. The molecule has 3 aromatic rings. The number of amides is 1. The molecule has 1 atom stereocenters. The number of hydrogen-bond acceptors (Lipinski definition) is 6. The number of carbonyl (C=O) groups is 1. The predicted molar refractivity (Wildman–Crippen MR) is 105 cm³/mol. The molecule has 1 amide bonds. The van der Waals surface area contributed by atoms with Gasteiger partial charge in [-0.15, -0.1) is 0 Å². The molecule has 0 aliphatic carbocycles. The quantitative estimate of drug-likeness (QED) is 0.664. The van der Waals surface area contributed by atoms with E-state index in [1.807, 2.05) is 11.0 Å². The number of rotatable bonds is 5. The molecule has 0 saturated carbocycles. The Morgan fingerprint density at radius 1 is 1.34 bits per heavy atom. The Labute approximate surface area is 168 Å². The van der Waals surface area contributed by atoms with Crippen molar-refractivity contribution in [3.63, 3.8) is 0 Å². The standard InChI is InChI=1S/C21H21N5O3/c1-28-19-10-15(11-22)6-7-18(19)29-14-16-4-3-9-25(13-16)21(27)17-12-23-20-5-2-8-24-26(17)20/h2,5-8,10,12,16H,3-4,9,13-14H2,1H3. The van der Waals surface area contributed by atoms with E-state index >= 15 is 0 Å². The second-order valence-electron chi connectivity index (χ2n) is 6.98. The van der Waals surface area contributed by atoms with Crippen molar-refractivity contribution in [1.82, 2.24) is 19.5 Å². The van der Waals surface area contributed by atoms with E-state index in [9.17, 15) is 4.79 Å². The molecule has 4 rings (SSSR count). The van der Waals surface area contributed by atoms with Gasteiger partial charge in [-0.05, 0) is 37.1 Å². The Morgan fingerprint density at radius 2 is 2.24 bits per heavy atom. The summed E-state index contributed by atoms with van der Waals surface area (Å²) < 4.78 is 12.8. The number of methoxy groups -OCH3 is 1.